The molecule has 1 aliphatic heterocycles. The number of Topliss-reactive ketones (excluding diaryl/α,β-unsaturated/α-hetero) is 1. The largest absolute Gasteiger partial charge is 0.479 e. The Morgan fingerprint density at radius 3 is 2.81 bits per heavy atom. The number of carbonyl (C=O) groups is 2. The van der Waals surface area contributed by atoms with Gasteiger partial charge in [0, 0.05) is 34.7 Å². The zero-order chi connectivity index (χ0) is 18.4. The second-order valence-electron chi connectivity index (χ2n) is 6.41. The lowest BCUT2D eigenvalue weighted by Gasteiger charge is -2.30. The van der Waals surface area contributed by atoms with E-state index in [0.717, 1.165) is 10.9 Å². The van der Waals surface area contributed by atoms with E-state index in [4.69, 9.17) is 16.3 Å². The lowest BCUT2D eigenvalue weighted by atomic mass is 10.1. The Kier molecular flexibility index (Phi) is 3.96. The fraction of sp³-hybridized carbons (Fsp3) is 0.200. The van der Waals surface area contributed by atoms with E-state index in [0.29, 0.717) is 22.0 Å². The predicted molar refractivity (Wildman–Crippen MR) is 101 cm³/mol. The molecule has 0 bridgehead atoms. The first-order valence-corrected chi connectivity index (χ1v) is 8.68. The number of hydrogen-bond donors (Lipinski definition) is 0. The molecular formula is C20H17ClN2O3. The number of carbonyl (C=O) groups excluding carboxylic acids is 2. The van der Waals surface area contributed by atoms with Crippen LogP contribution in [-0.4, -0.2) is 29.4 Å². The van der Waals surface area contributed by atoms with Gasteiger partial charge >= 0.3 is 0 Å². The molecule has 0 saturated heterocycles. The Hall–Kier alpha value is -2.79. The van der Waals surface area contributed by atoms with Crippen molar-refractivity contribution in [3.05, 3.63) is 59.2 Å². The Balaban J connectivity index is 1.63. The first kappa shape index (κ1) is 16.7. The first-order valence-electron chi connectivity index (χ1n) is 8.30. The van der Waals surface area contributed by atoms with Gasteiger partial charge in [-0.25, -0.2) is 0 Å². The fourth-order valence-corrected chi connectivity index (χ4v) is 3.42. The number of rotatable bonds is 3. The van der Waals surface area contributed by atoms with E-state index in [1.54, 1.807) is 32.2 Å². The number of aromatic nitrogens is 1. The third kappa shape index (κ3) is 2.74. The summed E-state index contributed by atoms with van der Waals surface area (Å²) in [5, 5.41) is 1.65. The van der Waals surface area contributed by atoms with Crippen LogP contribution in [0.4, 0.5) is 5.69 Å². The SMILES string of the molecule is CC1Oc2ccc(C(=O)Cn3ccc4cc(Cl)ccc43)cc2N(C)C1=O. The molecule has 0 spiro atoms. The average Bonchev–Trinajstić information content (AvgIpc) is 3.01. The highest BCUT2D eigenvalue weighted by Gasteiger charge is 2.29. The van der Waals surface area contributed by atoms with Crippen LogP contribution in [-0.2, 0) is 11.3 Å². The van der Waals surface area contributed by atoms with Crippen LogP contribution >= 0.6 is 11.6 Å². The van der Waals surface area contributed by atoms with Crippen molar-refractivity contribution in [2.24, 2.45) is 0 Å². The Bertz CT molecular complexity index is 1040. The van der Waals surface area contributed by atoms with Gasteiger partial charge in [-0.1, -0.05) is 11.6 Å². The maximum atomic E-state index is 12.8. The fourth-order valence-electron chi connectivity index (χ4n) is 3.24. The summed E-state index contributed by atoms with van der Waals surface area (Å²) in [7, 11) is 1.69. The molecule has 1 unspecified atom stereocenters. The molecule has 2 aromatic carbocycles. The summed E-state index contributed by atoms with van der Waals surface area (Å²) in [6.45, 7) is 1.92. The van der Waals surface area contributed by atoms with Crippen LogP contribution in [0.1, 0.15) is 17.3 Å². The Morgan fingerprint density at radius 1 is 1.19 bits per heavy atom. The molecule has 1 aromatic heterocycles. The van der Waals surface area contributed by atoms with E-state index in [-0.39, 0.29) is 18.2 Å². The maximum absolute atomic E-state index is 12.8. The van der Waals surface area contributed by atoms with Crippen molar-refractivity contribution >= 4 is 39.9 Å². The lowest BCUT2D eigenvalue weighted by molar-refractivity contribution is -0.125. The van der Waals surface area contributed by atoms with Gasteiger partial charge in [0.15, 0.2) is 11.9 Å². The molecule has 0 aliphatic carbocycles. The Morgan fingerprint density at radius 2 is 2.00 bits per heavy atom. The highest BCUT2D eigenvalue weighted by Crippen LogP contribution is 2.34. The molecule has 0 N–H and O–H groups in total. The zero-order valence-electron chi connectivity index (χ0n) is 14.4. The first-order chi connectivity index (χ1) is 12.4. The van der Waals surface area contributed by atoms with Crippen LogP contribution in [0.15, 0.2) is 48.7 Å². The van der Waals surface area contributed by atoms with Crippen LogP contribution in [0.25, 0.3) is 10.9 Å². The quantitative estimate of drug-likeness (QED) is 0.658. The highest BCUT2D eigenvalue weighted by atomic mass is 35.5. The zero-order valence-corrected chi connectivity index (χ0v) is 15.2. The smallest absolute Gasteiger partial charge is 0.267 e. The van der Waals surface area contributed by atoms with E-state index in [9.17, 15) is 9.59 Å². The number of nitrogens with zero attached hydrogens (tertiary/aromatic N) is 2. The molecule has 132 valence electrons. The van der Waals surface area contributed by atoms with Crippen LogP contribution < -0.4 is 9.64 Å². The topological polar surface area (TPSA) is 51.5 Å². The molecule has 1 amide bonds. The summed E-state index contributed by atoms with van der Waals surface area (Å²) in [4.78, 5) is 26.4. The van der Waals surface area contributed by atoms with E-state index in [1.807, 2.05) is 35.0 Å². The molecule has 6 heteroatoms. The van der Waals surface area contributed by atoms with E-state index in [2.05, 4.69) is 0 Å². The van der Waals surface area contributed by atoms with Crippen LogP contribution in [0.3, 0.4) is 0 Å². The molecule has 0 radical (unpaired) electrons. The summed E-state index contributed by atoms with van der Waals surface area (Å²) in [6.07, 6.45) is 1.35. The minimum absolute atomic E-state index is 0.0419. The van der Waals surface area contributed by atoms with Crippen molar-refractivity contribution in [3.63, 3.8) is 0 Å². The van der Waals surface area contributed by atoms with Gasteiger partial charge in [0.25, 0.3) is 5.91 Å². The Labute approximate surface area is 155 Å². The molecule has 1 atom stereocenters. The summed E-state index contributed by atoms with van der Waals surface area (Å²) in [6, 6.07) is 12.7. The number of halogens is 1. The van der Waals surface area contributed by atoms with Gasteiger partial charge in [-0.15, -0.1) is 0 Å². The number of anilines is 1. The third-order valence-corrected chi connectivity index (χ3v) is 4.91. The molecule has 0 saturated carbocycles. The summed E-state index contributed by atoms with van der Waals surface area (Å²) in [5.74, 6) is 0.437. The van der Waals surface area contributed by atoms with E-state index in [1.165, 1.54) is 4.90 Å². The van der Waals surface area contributed by atoms with Gasteiger partial charge in [0.2, 0.25) is 0 Å². The number of benzene rings is 2. The maximum Gasteiger partial charge on any atom is 0.267 e. The molecule has 0 fully saturated rings. The minimum atomic E-state index is -0.521. The normalized spacial score (nSPS) is 16.5. The number of ether oxygens (including phenoxy) is 1. The van der Waals surface area contributed by atoms with Crippen molar-refractivity contribution in [1.82, 2.24) is 4.57 Å². The molecule has 5 nitrogen and oxygen atoms in total. The van der Waals surface area contributed by atoms with Gasteiger partial charge in [0.05, 0.1) is 12.2 Å². The van der Waals surface area contributed by atoms with E-state index < -0.39 is 6.10 Å². The summed E-state index contributed by atoms with van der Waals surface area (Å²) < 4.78 is 7.49. The highest BCUT2D eigenvalue weighted by molar-refractivity contribution is 6.31. The average molecular weight is 369 g/mol. The minimum Gasteiger partial charge on any atom is -0.479 e. The number of hydrogen-bond acceptors (Lipinski definition) is 3. The molecule has 3 aromatic rings. The van der Waals surface area contributed by atoms with Crippen molar-refractivity contribution in [1.29, 1.82) is 0 Å². The predicted octanol–water partition coefficient (Wildman–Crippen LogP) is 3.92. The number of amides is 1. The second-order valence-corrected chi connectivity index (χ2v) is 6.85. The van der Waals surface area contributed by atoms with Crippen molar-refractivity contribution in [3.8, 4) is 5.75 Å². The second kappa shape index (κ2) is 6.18. The van der Waals surface area contributed by atoms with Gasteiger partial charge in [-0.2, -0.15) is 0 Å². The van der Waals surface area contributed by atoms with E-state index >= 15 is 0 Å². The van der Waals surface area contributed by atoms with Crippen molar-refractivity contribution in [2.75, 3.05) is 11.9 Å². The van der Waals surface area contributed by atoms with Crippen LogP contribution in [0.2, 0.25) is 5.02 Å². The van der Waals surface area contributed by atoms with Gasteiger partial charge in [0.1, 0.15) is 5.75 Å². The monoisotopic (exact) mass is 368 g/mol. The molecule has 1 aliphatic rings. The molecule has 4 rings (SSSR count). The van der Waals surface area contributed by atoms with Crippen LogP contribution in [0.5, 0.6) is 5.75 Å². The molecule has 26 heavy (non-hydrogen) atoms. The van der Waals surface area contributed by atoms with Crippen molar-refractivity contribution in [2.45, 2.75) is 19.6 Å². The lowest BCUT2D eigenvalue weighted by Crippen LogP contribution is -2.42. The van der Waals surface area contributed by atoms with Crippen molar-refractivity contribution < 1.29 is 14.3 Å². The number of ketones is 1. The number of likely N-dealkylation sites (N-methyl/N-ethyl adjacent to an activating group) is 1. The van der Waals surface area contributed by atoms with Crippen LogP contribution in [0, 0.1) is 0 Å². The van der Waals surface area contributed by atoms with Gasteiger partial charge in [-0.3, -0.25) is 9.59 Å². The summed E-state index contributed by atoms with van der Waals surface area (Å²) in [5.41, 5.74) is 2.10. The third-order valence-electron chi connectivity index (χ3n) is 4.67. The molecular weight excluding hydrogens is 352 g/mol. The number of fused-ring (bicyclic) bond motifs is 2. The van der Waals surface area contributed by atoms with Gasteiger partial charge in [-0.05, 0) is 49.4 Å². The standard InChI is InChI=1S/C20H17ClN2O3/c1-12-20(25)22(2)17-10-14(3-6-19(17)26-12)18(24)11-23-8-7-13-9-15(21)4-5-16(13)23/h3-10,12H,11H2,1-2H3. The summed E-state index contributed by atoms with van der Waals surface area (Å²) >= 11 is 6.01. The van der Waals surface area contributed by atoms with Gasteiger partial charge < -0.3 is 14.2 Å². The molecule has 2 heterocycles.